The van der Waals surface area contributed by atoms with Crippen molar-refractivity contribution in [2.45, 2.75) is 49.1 Å². The Morgan fingerprint density at radius 1 is 1.00 bits per heavy atom. The minimum Gasteiger partial charge on any atom is -0.351 e. The van der Waals surface area contributed by atoms with E-state index in [2.05, 4.69) is 10.6 Å². The fourth-order valence-corrected chi connectivity index (χ4v) is 4.44. The molecule has 8 heteroatoms. The third-order valence-corrected chi connectivity index (χ3v) is 6.61. The molecule has 0 unspecified atom stereocenters. The number of nitrogens with one attached hydrogen (secondary N) is 2. The fraction of sp³-hybridized carbons (Fsp3) is 0.381. The number of carbonyl (C=O) groups is 1. The Hall–Kier alpha value is -1.93. The van der Waals surface area contributed by atoms with Gasteiger partial charge >= 0.3 is 0 Å². The summed E-state index contributed by atoms with van der Waals surface area (Å²) < 4.78 is 22.6. The number of sulfonamides is 1. The van der Waals surface area contributed by atoms with Crippen LogP contribution < -0.4 is 15.8 Å². The van der Waals surface area contributed by atoms with Gasteiger partial charge < -0.3 is 5.32 Å². The SMILES string of the molecule is NS(=O)(=O)c1ccc(CNC(=O)CNC2(c3ccc(Cl)cc3)CCCCC2)cc1. The van der Waals surface area contributed by atoms with Crippen LogP contribution in [0, 0.1) is 0 Å². The highest BCUT2D eigenvalue weighted by atomic mass is 35.5. The van der Waals surface area contributed by atoms with Crippen LogP contribution in [0.5, 0.6) is 0 Å². The van der Waals surface area contributed by atoms with E-state index in [9.17, 15) is 13.2 Å². The van der Waals surface area contributed by atoms with Crippen molar-refractivity contribution in [1.82, 2.24) is 10.6 Å². The van der Waals surface area contributed by atoms with Gasteiger partial charge in [-0.2, -0.15) is 0 Å². The Labute approximate surface area is 176 Å². The zero-order valence-corrected chi connectivity index (χ0v) is 17.7. The van der Waals surface area contributed by atoms with Gasteiger partial charge in [-0.3, -0.25) is 10.1 Å². The first-order valence-electron chi connectivity index (χ1n) is 9.68. The number of primary sulfonamides is 1. The van der Waals surface area contributed by atoms with Crippen LogP contribution in [0.25, 0.3) is 0 Å². The highest BCUT2D eigenvalue weighted by Gasteiger charge is 2.33. The quantitative estimate of drug-likeness (QED) is 0.622. The molecule has 4 N–H and O–H groups in total. The molecular formula is C21H26ClN3O3S. The smallest absolute Gasteiger partial charge is 0.238 e. The van der Waals surface area contributed by atoms with E-state index in [0.29, 0.717) is 11.6 Å². The molecule has 1 amide bonds. The summed E-state index contributed by atoms with van der Waals surface area (Å²) in [5.74, 6) is -0.112. The molecule has 6 nitrogen and oxygen atoms in total. The Bertz CT molecular complexity index is 938. The second-order valence-corrected chi connectivity index (χ2v) is 9.47. The monoisotopic (exact) mass is 435 g/mol. The van der Waals surface area contributed by atoms with Crippen LogP contribution in [-0.4, -0.2) is 20.9 Å². The molecule has 2 aromatic rings. The molecule has 0 heterocycles. The summed E-state index contributed by atoms with van der Waals surface area (Å²) in [5.41, 5.74) is 1.75. The predicted octanol–water partition coefficient (Wildman–Crippen LogP) is 3.05. The number of rotatable bonds is 7. The average molecular weight is 436 g/mol. The highest BCUT2D eigenvalue weighted by molar-refractivity contribution is 7.89. The van der Waals surface area contributed by atoms with Gasteiger partial charge in [0.2, 0.25) is 15.9 Å². The van der Waals surface area contributed by atoms with Crippen LogP contribution in [0.4, 0.5) is 0 Å². The number of halogens is 1. The van der Waals surface area contributed by atoms with E-state index in [1.54, 1.807) is 12.1 Å². The van der Waals surface area contributed by atoms with Gasteiger partial charge in [0.05, 0.1) is 11.4 Å². The molecule has 29 heavy (non-hydrogen) atoms. The summed E-state index contributed by atoms with van der Waals surface area (Å²) in [4.78, 5) is 12.5. The van der Waals surface area contributed by atoms with Gasteiger partial charge in [0.15, 0.2) is 0 Å². The largest absolute Gasteiger partial charge is 0.351 e. The third kappa shape index (κ3) is 5.79. The molecule has 3 rings (SSSR count). The van der Waals surface area contributed by atoms with Crippen LogP contribution in [0.1, 0.15) is 43.2 Å². The molecular weight excluding hydrogens is 410 g/mol. The number of nitrogens with two attached hydrogens (primary N) is 1. The number of benzene rings is 2. The molecule has 0 bridgehead atoms. The van der Waals surface area contributed by atoms with Crippen LogP contribution in [0.3, 0.4) is 0 Å². The summed E-state index contributed by atoms with van der Waals surface area (Å²) in [5, 5.41) is 12.2. The average Bonchev–Trinajstić information content (AvgIpc) is 2.71. The zero-order chi connectivity index (χ0) is 20.9. The second kappa shape index (κ2) is 9.26. The van der Waals surface area contributed by atoms with Crippen molar-refractivity contribution >= 4 is 27.5 Å². The molecule has 0 saturated heterocycles. The van der Waals surface area contributed by atoms with Gasteiger partial charge in [-0.05, 0) is 48.2 Å². The Morgan fingerprint density at radius 3 is 2.21 bits per heavy atom. The van der Waals surface area contributed by atoms with E-state index < -0.39 is 10.0 Å². The van der Waals surface area contributed by atoms with Gasteiger partial charge in [-0.25, -0.2) is 13.6 Å². The summed E-state index contributed by atoms with van der Waals surface area (Å²) in [7, 11) is -3.71. The molecule has 156 valence electrons. The topological polar surface area (TPSA) is 101 Å². The molecule has 2 aromatic carbocycles. The lowest BCUT2D eigenvalue weighted by molar-refractivity contribution is -0.120. The number of hydrogen-bond donors (Lipinski definition) is 3. The van der Waals surface area contributed by atoms with Crippen LogP contribution in [0.15, 0.2) is 53.4 Å². The maximum atomic E-state index is 12.4. The second-order valence-electron chi connectivity index (χ2n) is 7.47. The fourth-order valence-electron chi connectivity index (χ4n) is 3.80. The van der Waals surface area contributed by atoms with Gasteiger partial charge in [0.1, 0.15) is 0 Å². The van der Waals surface area contributed by atoms with E-state index in [-0.39, 0.29) is 22.9 Å². The standard InChI is InChI=1S/C21H26ClN3O3S/c22-18-8-6-17(7-9-18)21(12-2-1-3-13-21)25-15-20(26)24-14-16-4-10-19(11-5-16)29(23,27)28/h4-11,25H,1-3,12-15H2,(H,24,26)(H2,23,27,28). The Morgan fingerprint density at radius 2 is 1.62 bits per heavy atom. The van der Waals surface area contributed by atoms with Crippen molar-refractivity contribution in [3.05, 3.63) is 64.7 Å². The van der Waals surface area contributed by atoms with Gasteiger partial charge in [0, 0.05) is 17.1 Å². The van der Waals surface area contributed by atoms with Crippen LogP contribution in [-0.2, 0) is 26.9 Å². The lowest BCUT2D eigenvalue weighted by Crippen LogP contribution is -2.48. The van der Waals surface area contributed by atoms with Crippen molar-refractivity contribution in [1.29, 1.82) is 0 Å². The summed E-state index contributed by atoms with van der Waals surface area (Å²) in [6.45, 7) is 0.525. The minimum atomic E-state index is -3.71. The molecule has 0 radical (unpaired) electrons. The predicted molar refractivity (Wildman–Crippen MR) is 114 cm³/mol. The van der Waals surface area contributed by atoms with E-state index in [4.69, 9.17) is 16.7 Å². The van der Waals surface area contributed by atoms with Crippen LogP contribution >= 0.6 is 11.6 Å². The molecule has 0 aromatic heterocycles. The van der Waals surface area contributed by atoms with Gasteiger partial charge in [0.25, 0.3) is 0 Å². The summed E-state index contributed by atoms with van der Waals surface area (Å²) in [6, 6.07) is 14.0. The normalized spacial score (nSPS) is 16.3. The van der Waals surface area contributed by atoms with E-state index in [0.717, 1.165) is 36.8 Å². The molecule has 0 aliphatic heterocycles. The molecule has 1 saturated carbocycles. The lowest BCUT2D eigenvalue weighted by Gasteiger charge is -2.39. The van der Waals surface area contributed by atoms with E-state index in [1.165, 1.54) is 18.6 Å². The zero-order valence-electron chi connectivity index (χ0n) is 16.2. The first-order valence-corrected chi connectivity index (χ1v) is 11.6. The summed E-state index contributed by atoms with van der Waals surface area (Å²) >= 11 is 6.03. The molecule has 0 spiro atoms. The Kier molecular flexibility index (Phi) is 6.95. The van der Waals surface area contributed by atoms with Crippen molar-refractivity contribution in [3.8, 4) is 0 Å². The van der Waals surface area contributed by atoms with Crippen molar-refractivity contribution in [3.63, 3.8) is 0 Å². The van der Waals surface area contributed by atoms with Crippen molar-refractivity contribution in [2.75, 3.05) is 6.54 Å². The molecule has 1 aliphatic rings. The molecule has 1 aliphatic carbocycles. The van der Waals surface area contributed by atoms with Crippen molar-refractivity contribution < 1.29 is 13.2 Å². The first kappa shape index (κ1) is 21.8. The number of hydrogen-bond acceptors (Lipinski definition) is 4. The van der Waals surface area contributed by atoms with Crippen molar-refractivity contribution in [2.24, 2.45) is 5.14 Å². The van der Waals surface area contributed by atoms with Crippen LogP contribution in [0.2, 0.25) is 5.02 Å². The third-order valence-electron chi connectivity index (χ3n) is 5.43. The van der Waals surface area contributed by atoms with Gasteiger partial charge in [-0.1, -0.05) is 55.1 Å². The van der Waals surface area contributed by atoms with E-state index in [1.807, 2.05) is 24.3 Å². The first-order chi connectivity index (χ1) is 13.8. The highest BCUT2D eigenvalue weighted by Crippen LogP contribution is 2.37. The Balaban J connectivity index is 1.58. The maximum Gasteiger partial charge on any atom is 0.238 e. The number of amides is 1. The van der Waals surface area contributed by atoms with Gasteiger partial charge in [-0.15, -0.1) is 0 Å². The number of carbonyl (C=O) groups excluding carboxylic acids is 1. The van der Waals surface area contributed by atoms with E-state index >= 15 is 0 Å². The lowest BCUT2D eigenvalue weighted by atomic mass is 9.76. The minimum absolute atomic E-state index is 0.0523. The summed E-state index contributed by atoms with van der Waals surface area (Å²) in [6.07, 6.45) is 5.41. The maximum absolute atomic E-state index is 12.4. The molecule has 0 atom stereocenters. The molecule has 1 fully saturated rings.